The molecule has 0 aromatic heterocycles. The Labute approximate surface area is 175 Å². The summed E-state index contributed by atoms with van der Waals surface area (Å²) in [7, 11) is 0. The van der Waals surface area contributed by atoms with Crippen LogP contribution < -0.4 is 0 Å². The molecule has 3 atom stereocenters. The number of aromatic hydroxyl groups is 1. The topological polar surface area (TPSA) is 40.5 Å². The van der Waals surface area contributed by atoms with Gasteiger partial charge < -0.3 is 0 Å². The Morgan fingerprint density at radius 3 is 2.56 bits per heavy atom. The predicted molar refractivity (Wildman–Crippen MR) is 116 cm³/mol. The molecule has 2 rings (SSSR count). The molecule has 0 aliphatic heterocycles. The van der Waals surface area contributed by atoms with Crippen LogP contribution in [0, 0.1) is 5.92 Å². The molecule has 1 aromatic carbocycles. The van der Waals surface area contributed by atoms with Crippen molar-refractivity contribution in [3.8, 4) is 5.75 Å². The first-order chi connectivity index (χ1) is 12.9. The van der Waals surface area contributed by atoms with Gasteiger partial charge in [0.2, 0.25) is 0 Å². The molecule has 0 heterocycles. The van der Waals surface area contributed by atoms with Crippen molar-refractivity contribution < 1.29 is 10.2 Å². The summed E-state index contributed by atoms with van der Waals surface area (Å²) in [6.45, 7) is 6.83. The van der Waals surface area contributed by atoms with E-state index < -0.39 is 0 Å². The maximum absolute atomic E-state index is 10.9. The Kier molecular flexibility index (Phi) is 9.22. The van der Waals surface area contributed by atoms with Gasteiger partial charge in [-0.2, -0.15) is 0 Å². The molecule has 0 bridgehead atoms. The quantitative estimate of drug-likeness (QED) is 0.337. The summed E-state index contributed by atoms with van der Waals surface area (Å²) in [5, 5.41) is 22.2. The second-order valence-corrected chi connectivity index (χ2v) is 10.1. The minimum absolute atomic E-state index is 0.0926. The van der Waals surface area contributed by atoms with Crippen LogP contribution in [0.3, 0.4) is 0 Å². The molecule has 1 saturated carbocycles. The van der Waals surface area contributed by atoms with E-state index in [1.165, 1.54) is 44.1 Å². The zero-order valence-corrected chi connectivity index (χ0v) is 19.5. The van der Waals surface area contributed by atoms with Gasteiger partial charge in [0.05, 0.1) is 0 Å². The van der Waals surface area contributed by atoms with Crippen LogP contribution >= 0.6 is 0 Å². The van der Waals surface area contributed by atoms with Crippen LogP contribution in [0.1, 0.15) is 102 Å². The van der Waals surface area contributed by atoms with E-state index in [1.807, 2.05) is 6.07 Å². The third kappa shape index (κ3) is 6.53. The third-order valence-electron chi connectivity index (χ3n) is 6.57. The van der Waals surface area contributed by atoms with Crippen molar-refractivity contribution >= 4 is 16.9 Å². The fourth-order valence-electron chi connectivity index (χ4n) is 4.71. The summed E-state index contributed by atoms with van der Waals surface area (Å²) in [6.07, 6.45) is 11.2. The zero-order valence-electron chi connectivity index (χ0n) is 17.6. The normalized spacial score (nSPS) is 23.5. The number of aliphatic hydroxyl groups is 1. The first-order valence-corrected chi connectivity index (χ1v) is 12.3. The van der Waals surface area contributed by atoms with Crippen molar-refractivity contribution in [2.75, 3.05) is 0 Å². The van der Waals surface area contributed by atoms with E-state index in [0.29, 0.717) is 11.7 Å². The molecule has 1 aliphatic carbocycles. The van der Waals surface area contributed by atoms with Crippen molar-refractivity contribution in [3.05, 3.63) is 29.3 Å². The van der Waals surface area contributed by atoms with Crippen molar-refractivity contribution in [1.29, 1.82) is 0 Å². The van der Waals surface area contributed by atoms with Crippen molar-refractivity contribution in [3.63, 3.8) is 0 Å². The number of phenolic OH excluding ortho intramolecular Hbond substituents is 1. The number of phenols is 1. The van der Waals surface area contributed by atoms with Crippen LogP contribution in [0.15, 0.2) is 18.2 Å². The number of aliphatic hydroxyl groups excluding tert-OH is 1. The Morgan fingerprint density at radius 1 is 1.11 bits per heavy atom. The van der Waals surface area contributed by atoms with E-state index >= 15 is 0 Å². The summed E-state index contributed by atoms with van der Waals surface area (Å²) in [6, 6.07) is 6.38. The molecule has 0 spiro atoms. The Balaban J connectivity index is 2.13. The van der Waals surface area contributed by atoms with Gasteiger partial charge in [0.25, 0.3) is 0 Å². The summed E-state index contributed by atoms with van der Waals surface area (Å²) in [4.78, 5) is 0. The fraction of sp³-hybridized carbons (Fsp3) is 0.750. The Morgan fingerprint density at radius 2 is 1.89 bits per heavy atom. The van der Waals surface area contributed by atoms with Crippen LogP contribution in [0.25, 0.3) is 0 Å². The van der Waals surface area contributed by atoms with Crippen LogP contribution in [-0.2, 0) is 5.41 Å². The molecule has 2 N–H and O–H groups in total. The van der Waals surface area contributed by atoms with Gasteiger partial charge in [0.15, 0.2) is 0 Å². The number of rotatable bonds is 10. The Hall–Kier alpha value is -0.462. The zero-order chi connectivity index (χ0) is 19.9. The van der Waals surface area contributed by atoms with Gasteiger partial charge >= 0.3 is 149 Å². The van der Waals surface area contributed by atoms with E-state index in [0.717, 1.165) is 36.5 Å². The van der Waals surface area contributed by atoms with Gasteiger partial charge in [0, 0.05) is 0 Å². The van der Waals surface area contributed by atoms with Gasteiger partial charge in [-0.25, -0.2) is 0 Å². The fourth-order valence-corrected chi connectivity index (χ4v) is 5.09. The molecular formula is C24H39AsO2. The van der Waals surface area contributed by atoms with E-state index in [1.54, 1.807) is 0 Å². The molecule has 0 saturated heterocycles. The molecule has 3 heteroatoms. The van der Waals surface area contributed by atoms with Crippen molar-refractivity contribution in [1.82, 2.24) is 0 Å². The number of unbranched alkanes of at least 4 members (excludes halogenated alkanes) is 3. The first kappa shape index (κ1) is 22.8. The van der Waals surface area contributed by atoms with Gasteiger partial charge in [-0.1, -0.05) is 26.2 Å². The third-order valence-corrected chi connectivity index (χ3v) is 7.23. The molecular weight excluding hydrogens is 395 g/mol. The summed E-state index contributed by atoms with van der Waals surface area (Å²) >= 11 is 2.67. The van der Waals surface area contributed by atoms with Gasteiger partial charge in [-0.15, -0.1) is 0 Å². The molecule has 27 heavy (non-hydrogen) atoms. The maximum atomic E-state index is 10.9. The molecule has 2 radical (unpaired) electrons. The number of benzene rings is 1. The summed E-state index contributed by atoms with van der Waals surface area (Å²) in [5.74, 6) is 1.30. The van der Waals surface area contributed by atoms with Crippen molar-refractivity contribution in [2.45, 2.75) is 108 Å². The number of hydrogen-bond donors (Lipinski definition) is 2. The first-order valence-electron chi connectivity index (χ1n) is 11.0. The monoisotopic (exact) mass is 434 g/mol. The Bertz CT molecular complexity index is 567. The average molecular weight is 434 g/mol. The molecule has 1 aromatic rings. The summed E-state index contributed by atoms with van der Waals surface area (Å²) in [5.41, 5.74) is 2.38. The van der Waals surface area contributed by atoms with Crippen LogP contribution in [0.5, 0.6) is 5.75 Å². The van der Waals surface area contributed by atoms with E-state index in [4.69, 9.17) is 0 Å². The summed E-state index contributed by atoms with van der Waals surface area (Å²) < 4.78 is 0. The van der Waals surface area contributed by atoms with Crippen LogP contribution in [0.2, 0.25) is 5.21 Å². The molecule has 1 aliphatic rings. The molecule has 152 valence electrons. The van der Waals surface area contributed by atoms with E-state index in [9.17, 15) is 10.2 Å². The molecule has 2 nitrogen and oxygen atoms in total. The average Bonchev–Trinajstić information content (AvgIpc) is 2.64. The SMILES string of the molecule is CCCCCCC(C)(C)c1ccc([C@@H]2C[C@H](O)CC[C@H]2CCC[As])c(O)c1. The molecule has 0 unspecified atom stereocenters. The van der Waals surface area contributed by atoms with E-state index in [-0.39, 0.29) is 17.4 Å². The van der Waals surface area contributed by atoms with Crippen LogP contribution in [-0.4, -0.2) is 33.2 Å². The second kappa shape index (κ2) is 10.9. The van der Waals surface area contributed by atoms with Gasteiger partial charge in [0.1, 0.15) is 0 Å². The molecule has 1 fully saturated rings. The van der Waals surface area contributed by atoms with Crippen LogP contribution in [0.4, 0.5) is 0 Å². The second-order valence-electron chi connectivity index (χ2n) is 9.17. The minimum atomic E-state index is -0.224. The van der Waals surface area contributed by atoms with Gasteiger partial charge in [-0.3, -0.25) is 0 Å². The molecule has 0 amide bonds. The predicted octanol–water partition coefficient (Wildman–Crippen LogP) is 6.25. The van der Waals surface area contributed by atoms with Crippen molar-refractivity contribution in [2.24, 2.45) is 5.92 Å². The van der Waals surface area contributed by atoms with E-state index in [2.05, 4.69) is 49.8 Å². The van der Waals surface area contributed by atoms with Gasteiger partial charge in [-0.05, 0) is 0 Å². The number of hydrogen-bond acceptors (Lipinski definition) is 2. The standard InChI is InChI=1S/C24H39AsO2/c1-4-5-6-7-14-24(2,3)19-11-13-21(23(27)16-19)22-17-20(26)12-10-18(22)9-8-15-25/h11,13,16,18,20,22,26-27H,4-10,12,14-15,17H2,1-3H3/t18-,20-,22-/m1/s1.